The van der Waals surface area contributed by atoms with Crippen LogP contribution in [0.5, 0.6) is 0 Å². The molecule has 0 aliphatic heterocycles. The monoisotopic (exact) mass is 258 g/mol. The molecule has 96 valence electrons. The van der Waals surface area contributed by atoms with Crippen LogP contribution < -0.4 is 4.72 Å². The van der Waals surface area contributed by atoms with E-state index in [-0.39, 0.29) is 6.10 Å². The maximum atomic E-state index is 10.9. The molecule has 0 radical (unpaired) electrons. The van der Waals surface area contributed by atoms with E-state index in [1.165, 1.54) is 0 Å². The molecule has 2 N–H and O–H groups in total. The van der Waals surface area contributed by atoms with E-state index in [2.05, 4.69) is 4.72 Å². The van der Waals surface area contributed by atoms with Crippen LogP contribution in [0.4, 0.5) is 0 Å². The van der Waals surface area contributed by atoms with Gasteiger partial charge in [0.15, 0.2) is 0 Å². The first-order valence-corrected chi connectivity index (χ1v) is 7.67. The van der Waals surface area contributed by atoms with Gasteiger partial charge in [0.1, 0.15) is 0 Å². The highest BCUT2D eigenvalue weighted by molar-refractivity contribution is 7.88. The van der Waals surface area contributed by atoms with Gasteiger partial charge in [-0.15, -0.1) is 0 Å². The Balaban J connectivity index is 2.03. The van der Waals surface area contributed by atoms with Gasteiger partial charge in [0.2, 0.25) is 10.0 Å². The summed E-state index contributed by atoms with van der Waals surface area (Å²) in [7, 11) is -3.12. The van der Waals surface area contributed by atoms with Crippen molar-refractivity contribution in [3.8, 4) is 0 Å². The van der Waals surface area contributed by atoms with E-state index in [0.717, 1.165) is 36.8 Å². The minimum Gasteiger partial charge on any atom is -0.388 e. The van der Waals surface area contributed by atoms with Gasteiger partial charge in [-0.3, -0.25) is 0 Å². The minimum absolute atomic E-state index is 0.358. The molecule has 6 heteroatoms. The Kier molecular flexibility index (Phi) is 3.56. The molecule has 2 rings (SSSR count). The third kappa shape index (κ3) is 3.08. The third-order valence-electron chi connectivity index (χ3n) is 3.08. The van der Waals surface area contributed by atoms with Gasteiger partial charge >= 0.3 is 0 Å². The predicted octanol–water partition coefficient (Wildman–Crippen LogP) is 0.407. The fourth-order valence-corrected chi connectivity index (χ4v) is 2.76. The quantitative estimate of drug-likeness (QED) is 0.821. The van der Waals surface area contributed by atoms with Crippen LogP contribution in [0.3, 0.4) is 0 Å². The summed E-state index contributed by atoms with van der Waals surface area (Å²) >= 11 is 0. The second-order valence-electron chi connectivity index (χ2n) is 4.49. The first kappa shape index (κ1) is 12.6. The number of fused-ring (bicyclic) bond motifs is 1. The average molecular weight is 258 g/mol. The molecule has 0 aromatic carbocycles. The van der Waals surface area contributed by atoms with Gasteiger partial charge < -0.3 is 9.67 Å². The number of aliphatic hydroxyl groups excluding tert-OH is 1. The van der Waals surface area contributed by atoms with E-state index in [4.69, 9.17) is 0 Å². The molecule has 0 bridgehead atoms. The fraction of sp³-hybridized carbons (Fsp3) is 0.636. The summed E-state index contributed by atoms with van der Waals surface area (Å²) in [6.07, 6.45) is 5.47. The predicted molar refractivity (Wildman–Crippen MR) is 65.2 cm³/mol. The largest absolute Gasteiger partial charge is 0.388 e. The van der Waals surface area contributed by atoms with Crippen molar-refractivity contribution in [2.45, 2.75) is 31.9 Å². The molecule has 0 fully saturated rings. The lowest BCUT2D eigenvalue weighted by Gasteiger charge is -2.20. The molecule has 0 amide bonds. The maximum absolute atomic E-state index is 10.9. The van der Waals surface area contributed by atoms with E-state index in [9.17, 15) is 13.5 Å². The topological polar surface area (TPSA) is 71.3 Å². The zero-order valence-electron chi connectivity index (χ0n) is 9.89. The van der Waals surface area contributed by atoms with Crippen LogP contribution in [0.15, 0.2) is 12.3 Å². The lowest BCUT2D eigenvalue weighted by Crippen LogP contribution is -2.26. The highest BCUT2D eigenvalue weighted by Crippen LogP contribution is 2.30. The number of rotatable bonds is 4. The van der Waals surface area contributed by atoms with E-state index in [1.807, 2.05) is 16.8 Å². The number of hydrogen-bond acceptors (Lipinski definition) is 3. The SMILES string of the molecule is CS(=O)(=O)NCCn1ccc2c1CCCC2O. The van der Waals surface area contributed by atoms with Crippen molar-refractivity contribution in [1.82, 2.24) is 9.29 Å². The number of nitrogens with zero attached hydrogens (tertiary/aromatic N) is 1. The summed E-state index contributed by atoms with van der Waals surface area (Å²) in [5, 5.41) is 9.80. The summed E-state index contributed by atoms with van der Waals surface area (Å²) in [6.45, 7) is 0.991. The van der Waals surface area contributed by atoms with Gasteiger partial charge in [-0.05, 0) is 25.3 Å². The fourth-order valence-electron chi connectivity index (χ4n) is 2.29. The van der Waals surface area contributed by atoms with Crippen LogP contribution in [-0.4, -0.2) is 30.9 Å². The number of aromatic nitrogens is 1. The summed E-state index contributed by atoms with van der Waals surface area (Å²) < 4.78 is 26.4. The maximum Gasteiger partial charge on any atom is 0.208 e. The van der Waals surface area contributed by atoms with E-state index >= 15 is 0 Å². The molecule has 1 aliphatic rings. The van der Waals surface area contributed by atoms with Crippen molar-refractivity contribution >= 4 is 10.0 Å². The number of sulfonamides is 1. The molecule has 1 unspecified atom stereocenters. The number of nitrogens with one attached hydrogen (secondary N) is 1. The zero-order valence-corrected chi connectivity index (χ0v) is 10.7. The Labute approximate surface area is 102 Å². The third-order valence-corrected chi connectivity index (χ3v) is 3.81. The van der Waals surface area contributed by atoms with Crippen LogP contribution in [-0.2, 0) is 23.0 Å². The summed E-state index contributed by atoms with van der Waals surface area (Å²) in [6, 6.07) is 1.93. The molecule has 1 atom stereocenters. The van der Waals surface area contributed by atoms with Crippen molar-refractivity contribution in [3.63, 3.8) is 0 Å². The Morgan fingerprint density at radius 1 is 1.59 bits per heavy atom. The van der Waals surface area contributed by atoms with Crippen LogP contribution >= 0.6 is 0 Å². The van der Waals surface area contributed by atoms with Crippen LogP contribution in [0.1, 0.15) is 30.2 Å². The molecule has 0 saturated carbocycles. The van der Waals surface area contributed by atoms with E-state index in [1.54, 1.807) is 0 Å². The van der Waals surface area contributed by atoms with Crippen molar-refractivity contribution in [2.24, 2.45) is 0 Å². The average Bonchev–Trinajstić information content (AvgIpc) is 2.61. The molecular weight excluding hydrogens is 240 g/mol. The van der Waals surface area contributed by atoms with E-state index < -0.39 is 10.0 Å². The van der Waals surface area contributed by atoms with Crippen LogP contribution in [0.25, 0.3) is 0 Å². The zero-order chi connectivity index (χ0) is 12.5. The van der Waals surface area contributed by atoms with Gasteiger partial charge in [-0.25, -0.2) is 13.1 Å². The van der Waals surface area contributed by atoms with Crippen LogP contribution in [0.2, 0.25) is 0 Å². The lowest BCUT2D eigenvalue weighted by atomic mass is 9.95. The highest BCUT2D eigenvalue weighted by Gasteiger charge is 2.20. The second kappa shape index (κ2) is 4.80. The van der Waals surface area contributed by atoms with Gasteiger partial charge in [-0.2, -0.15) is 0 Å². The highest BCUT2D eigenvalue weighted by atomic mass is 32.2. The van der Waals surface area contributed by atoms with Crippen LogP contribution in [0, 0.1) is 0 Å². The van der Waals surface area contributed by atoms with Gasteiger partial charge in [0.05, 0.1) is 12.4 Å². The van der Waals surface area contributed by atoms with Gasteiger partial charge in [0.25, 0.3) is 0 Å². The first-order chi connectivity index (χ1) is 7.97. The number of hydrogen-bond donors (Lipinski definition) is 2. The molecule has 0 saturated heterocycles. The molecular formula is C11H18N2O3S. The Morgan fingerprint density at radius 2 is 2.35 bits per heavy atom. The normalized spacial score (nSPS) is 20.2. The standard InChI is InChI=1S/C11H18N2O3S/c1-17(15,16)12-6-8-13-7-5-9-10(13)3-2-4-11(9)14/h5,7,11-12,14H,2-4,6,8H2,1H3. The Morgan fingerprint density at radius 3 is 3.06 bits per heavy atom. The van der Waals surface area contributed by atoms with Crippen molar-refractivity contribution in [2.75, 3.05) is 12.8 Å². The van der Waals surface area contributed by atoms with Crippen molar-refractivity contribution in [1.29, 1.82) is 0 Å². The Hall–Kier alpha value is -0.850. The second-order valence-corrected chi connectivity index (χ2v) is 6.32. The lowest BCUT2D eigenvalue weighted by molar-refractivity contribution is 0.155. The van der Waals surface area contributed by atoms with E-state index in [0.29, 0.717) is 13.1 Å². The number of aliphatic hydroxyl groups is 1. The van der Waals surface area contributed by atoms with Gasteiger partial charge in [-0.1, -0.05) is 0 Å². The minimum atomic E-state index is -3.12. The molecule has 5 nitrogen and oxygen atoms in total. The first-order valence-electron chi connectivity index (χ1n) is 5.78. The summed E-state index contributed by atoms with van der Waals surface area (Å²) in [4.78, 5) is 0. The molecule has 17 heavy (non-hydrogen) atoms. The van der Waals surface area contributed by atoms with Gasteiger partial charge in [0, 0.05) is 30.5 Å². The van der Waals surface area contributed by atoms with Crippen molar-refractivity contribution < 1.29 is 13.5 Å². The Bertz CT molecular complexity index is 493. The molecule has 1 aromatic rings. The summed E-state index contributed by atoms with van der Waals surface area (Å²) in [5.41, 5.74) is 2.13. The summed E-state index contributed by atoms with van der Waals surface area (Å²) in [5.74, 6) is 0. The molecule has 1 aromatic heterocycles. The molecule has 0 spiro atoms. The smallest absolute Gasteiger partial charge is 0.208 e. The molecule has 1 aliphatic carbocycles. The van der Waals surface area contributed by atoms with Crippen molar-refractivity contribution in [3.05, 3.63) is 23.5 Å². The molecule has 1 heterocycles.